The fourth-order valence-corrected chi connectivity index (χ4v) is 3.81. The molecule has 0 aromatic rings. The van der Waals surface area contributed by atoms with Crippen molar-refractivity contribution < 1.29 is 13.2 Å². The highest BCUT2D eigenvalue weighted by molar-refractivity contribution is 7.89. The van der Waals surface area contributed by atoms with Crippen LogP contribution in [0.1, 0.15) is 33.6 Å². The Hall–Kier alpha value is -0.170. The van der Waals surface area contributed by atoms with Crippen LogP contribution in [0.15, 0.2) is 0 Å². The zero-order valence-electron chi connectivity index (χ0n) is 11.7. The molecule has 0 radical (unpaired) electrons. The number of hydrogen-bond donors (Lipinski definition) is 1. The van der Waals surface area contributed by atoms with Crippen molar-refractivity contribution in [2.45, 2.75) is 45.0 Å². The molecular weight excluding hydrogens is 252 g/mol. The van der Waals surface area contributed by atoms with Crippen molar-refractivity contribution in [3.8, 4) is 0 Å². The highest BCUT2D eigenvalue weighted by atomic mass is 32.2. The summed E-state index contributed by atoms with van der Waals surface area (Å²) in [4.78, 5) is 0. The van der Waals surface area contributed by atoms with E-state index in [1.807, 2.05) is 13.8 Å². The molecule has 1 rings (SSSR count). The van der Waals surface area contributed by atoms with Crippen LogP contribution in [0.3, 0.4) is 0 Å². The van der Waals surface area contributed by atoms with Crippen LogP contribution in [0.2, 0.25) is 0 Å². The number of hydrogen-bond acceptors (Lipinski definition) is 4. The van der Waals surface area contributed by atoms with Gasteiger partial charge in [-0.25, -0.2) is 8.42 Å². The molecule has 1 N–H and O–H groups in total. The van der Waals surface area contributed by atoms with E-state index in [9.17, 15) is 8.42 Å². The van der Waals surface area contributed by atoms with E-state index in [0.717, 1.165) is 19.4 Å². The Morgan fingerprint density at radius 3 is 2.78 bits per heavy atom. The van der Waals surface area contributed by atoms with Crippen molar-refractivity contribution in [2.75, 3.05) is 32.8 Å². The van der Waals surface area contributed by atoms with Gasteiger partial charge in [0.2, 0.25) is 10.0 Å². The Balaban J connectivity index is 2.60. The molecule has 0 aromatic heterocycles. The normalized spacial score (nSPS) is 24.1. The first-order valence-electron chi connectivity index (χ1n) is 6.83. The predicted octanol–water partition coefficient (Wildman–Crippen LogP) is 0.815. The molecular formula is C12H26N2O3S. The van der Waals surface area contributed by atoms with E-state index in [2.05, 4.69) is 5.32 Å². The Morgan fingerprint density at radius 1 is 1.44 bits per heavy atom. The van der Waals surface area contributed by atoms with E-state index in [1.54, 1.807) is 11.2 Å². The minimum Gasteiger partial charge on any atom is -0.377 e. The summed E-state index contributed by atoms with van der Waals surface area (Å²) in [5.41, 5.74) is 0. The van der Waals surface area contributed by atoms with Gasteiger partial charge in [-0.05, 0) is 33.2 Å². The van der Waals surface area contributed by atoms with Crippen molar-refractivity contribution >= 4 is 10.0 Å². The predicted molar refractivity (Wildman–Crippen MR) is 73.1 cm³/mol. The van der Waals surface area contributed by atoms with Crippen LogP contribution in [0.4, 0.5) is 0 Å². The monoisotopic (exact) mass is 278 g/mol. The highest BCUT2D eigenvalue weighted by Gasteiger charge is 2.32. The molecule has 1 fully saturated rings. The van der Waals surface area contributed by atoms with Crippen molar-refractivity contribution in [2.24, 2.45) is 0 Å². The molecule has 6 heteroatoms. The highest BCUT2D eigenvalue weighted by Crippen LogP contribution is 2.19. The van der Waals surface area contributed by atoms with Gasteiger partial charge in [0.05, 0.1) is 11.4 Å². The summed E-state index contributed by atoms with van der Waals surface area (Å²) in [6.45, 7) is 8.77. The Bertz CT molecular complexity index is 330. The van der Waals surface area contributed by atoms with E-state index in [1.165, 1.54) is 0 Å². The molecule has 0 aromatic carbocycles. The molecule has 0 aliphatic carbocycles. The average Bonchev–Trinajstić information content (AvgIpc) is 2.36. The molecule has 1 aliphatic rings. The summed E-state index contributed by atoms with van der Waals surface area (Å²) in [5.74, 6) is 0. The third kappa shape index (κ3) is 4.19. The number of piperidine rings is 1. The van der Waals surface area contributed by atoms with Gasteiger partial charge < -0.3 is 10.1 Å². The minimum atomic E-state index is -3.19. The van der Waals surface area contributed by atoms with Gasteiger partial charge in [0.1, 0.15) is 0 Å². The first-order valence-corrected chi connectivity index (χ1v) is 8.34. The summed E-state index contributed by atoms with van der Waals surface area (Å²) < 4.78 is 31.9. The van der Waals surface area contributed by atoms with Crippen LogP contribution in [0.25, 0.3) is 0 Å². The van der Waals surface area contributed by atoms with Crippen molar-refractivity contribution in [1.82, 2.24) is 9.62 Å². The Labute approximate surface area is 111 Å². The van der Waals surface area contributed by atoms with Crippen molar-refractivity contribution in [3.63, 3.8) is 0 Å². The summed E-state index contributed by atoms with van der Waals surface area (Å²) in [6, 6.07) is 0. The quantitative estimate of drug-likeness (QED) is 0.749. The zero-order valence-corrected chi connectivity index (χ0v) is 12.5. The molecule has 5 nitrogen and oxygen atoms in total. The third-order valence-electron chi connectivity index (χ3n) is 3.29. The van der Waals surface area contributed by atoms with Crippen LogP contribution >= 0.6 is 0 Å². The standard InChI is InChI=1S/C12H26N2O3S/c1-4-13-9-11(3)18(15,16)14-8-6-7-12(10-14)17-5-2/h11-13H,4-10H2,1-3H3. The van der Waals surface area contributed by atoms with Crippen LogP contribution in [0.5, 0.6) is 0 Å². The van der Waals surface area contributed by atoms with Crippen LogP contribution in [-0.2, 0) is 14.8 Å². The molecule has 1 aliphatic heterocycles. The number of nitrogens with zero attached hydrogens (tertiary/aromatic N) is 1. The molecule has 108 valence electrons. The fourth-order valence-electron chi connectivity index (χ4n) is 2.22. The van der Waals surface area contributed by atoms with Gasteiger partial charge >= 0.3 is 0 Å². The second kappa shape index (κ2) is 7.43. The summed E-state index contributed by atoms with van der Waals surface area (Å²) in [7, 11) is -3.19. The van der Waals surface area contributed by atoms with E-state index in [-0.39, 0.29) is 11.4 Å². The van der Waals surface area contributed by atoms with Crippen LogP contribution < -0.4 is 5.32 Å². The smallest absolute Gasteiger partial charge is 0.218 e. The lowest BCUT2D eigenvalue weighted by molar-refractivity contribution is 0.0263. The van der Waals surface area contributed by atoms with Gasteiger partial charge in [-0.1, -0.05) is 6.92 Å². The van der Waals surface area contributed by atoms with Gasteiger partial charge in [0.25, 0.3) is 0 Å². The molecule has 18 heavy (non-hydrogen) atoms. The first kappa shape index (κ1) is 15.9. The maximum atomic E-state index is 12.4. The van der Waals surface area contributed by atoms with Gasteiger partial charge in [-0.15, -0.1) is 0 Å². The largest absolute Gasteiger partial charge is 0.377 e. The van der Waals surface area contributed by atoms with E-state index >= 15 is 0 Å². The average molecular weight is 278 g/mol. The summed E-state index contributed by atoms with van der Waals surface area (Å²) in [5, 5.41) is 2.72. The Kier molecular flexibility index (Phi) is 6.55. The SMILES string of the molecule is CCNCC(C)S(=O)(=O)N1CCCC(OCC)C1. The lowest BCUT2D eigenvalue weighted by Crippen LogP contribution is -2.48. The molecule has 2 unspecified atom stereocenters. The second-order valence-electron chi connectivity index (χ2n) is 4.74. The van der Waals surface area contributed by atoms with E-state index in [0.29, 0.717) is 26.2 Å². The number of sulfonamides is 1. The number of rotatable bonds is 7. The fraction of sp³-hybridized carbons (Fsp3) is 1.00. The maximum Gasteiger partial charge on any atom is 0.218 e. The summed E-state index contributed by atoms with van der Waals surface area (Å²) >= 11 is 0. The lowest BCUT2D eigenvalue weighted by Gasteiger charge is -2.33. The minimum absolute atomic E-state index is 0.0601. The van der Waals surface area contributed by atoms with Gasteiger partial charge in [0, 0.05) is 26.2 Å². The lowest BCUT2D eigenvalue weighted by atomic mass is 10.1. The third-order valence-corrected chi connectivity index (χ3v) is 5.53. The molecule has 1 heterocycles. The van der Waals surface area contributed by atoms with E-state index < -0.39 is 10.0 Å². The topological polar surface area (TPSA) is 58.6 Å². The van der Waals surface area contributed by atoms with Crippen LogP contribution in [0, 0.1) is 0 Å². The van der Waals surface area contributed by atoms with E-state index in [4.69, 9.17) is 4.74 Å². The second-order valence-corrected chi connectivity index (χ2v) is 7.09. The molecule has 2 atom stereocenters. The van der Waals surface area contributed by atoms with Crippen molar-refractivity contribution in [1.29, 1.82) is 0 Å². The number of nitrogens with one attached hydrogen (secondary N) is 1. The number of ether oxygens (including phenoxy) is 1. The zero-order chi connectivity index (χ0) is 13.6. The maximum absolute atomic E-state index is 12.4. The van der Waals surface area contributed by atoms with Crippen molar-refractivity contribution in [3.05, 3.63) is 0 Å². The summed E-state index contributed by atoms with van der Waals surface area (Å²) in [6.07, 6.45) is 1.91. The first-order chi connectivity index (χ1) is 8.52. The molecule has 0 amide bonds. The van der Waals surface area contributed by atoms with Gasteiger partial charge in [0.15, 0.2) is 0 Å². The molecule has 1 saturated heterocycles. The van der Waals surface area contributed by atoms with Crippen LogP contribution in [-0.4, -0.2) is 56.9 Å². The van der Waals surface area contributed by atoms with Gasteiger partial charge in [-0.2, -0.15) is 4.31 Å². The molecule has 0 bridgehead atoms. The van der Waals surface area contributed by atoms with Gasteiger partial charge in [-0.3, -0.25) is 0 Å². The molecule has 0 saturated carbocycles. The Morgan fingerprint density at radius 2 is 2.17 bits per heavy atom. The molecule has 0 spiro atoms.